The van der Waals surface area contributed by atoms with Crippen molar-refractivity contribution in [2.24, 2.45) is 5.41 Å². The van der Waals surface area contributed by atoms with Gasteiger partial charge >= 0.3 is 5.97 Å². The third-order valence-electron chi connectivity index (χ3n) is 4.30. The molecular weight excluding hydrogens is 252 g/mol. The van der Waals surface area contributed by atoms with Crippen LogP contribution in [0.3, 0.4) is 0 Å². The van der Waals surface area contributed by atoms with E-state index in [2.05, 4.69) is 0 Å². The lowest BCUT2D eigenvalue weighted by atomic mass is 9.71. The lowest BCUT2D eigenvalue weighted by molar-refractivity contribution is -0.149. The van der Waals surface area contributed by atoms with Gasteiger partial charge in [0.15, 0.2) is 5.78 Å². The highest BCUT2D eigenvalue weighted by molar-refractivity contribution is 6.15. The van der Waals surface area contributed by atoms with Crippen LogP contribution in [0.25, 0.3) is 10.8 Å². The van der Waals surface area contributed by atoms with Crippen molar-refractivity contribution in [2.75, 3.05) is 7.11 Å². The van der Waals surface area contributed by atoms with Gasteiger partial charge in [0.25, 0.3) is 0 Å². The Bertz CT molecular complexity index is 717. The Morgan fingerprint density at radius 2 is 1.95 bits per heavy atom. The quantitative estimate of drug-likeness (QED) is 0.589. The van der Waals surface area contributed by atoms with Crippen LogP contribution in [0.5, 0.6) is 0 Å². The molecule has 20 heavy (non-hydrogen) atoms. The molecule has 0 saturated carbocycles. The lowest BCUT2D eigenvalue weighted by Crippen LogP contribution is -2.41. The molecule has 0 saturated heterocycles. The number of hydrogen-bond donors (Lipinski definition) is 0. The predicted octanol–water partition coefficient (Wildman–Crippen LogP) is 3.15. The molecule has 0 amide bonds. The molecule has 0 aromatic heterocycles. The Morgan fingerprint density at radius 1 is 1.20 bits per heavy atom. The van der Waals surface area contributed by atoms with Gasteiger partial charge in [0.2, 0.25) is 0 Å². The highest BCUT2D eigenvalue weighted by atomic mass is 16.5. The minimum atomic E-state index is -1.05. The molecule has 1 atom stereocenters. The van der Waals surface area contributed by atoms with E-state index in [1.807, 2.05) is 36.4 Å². The summed E-state index contributed by atoms with van der Waals surface area (Å²) in [7, 11) is 1.33. The number of methoxy groups -OCH3 is 1. The van der Waals surface area contributed by atoms with Gasteiger partial charge in [-0.05, 0) is 36.1 Å². The van der Waals surface area contributed by atoms with Gasteiger partial charge in [0, 0.05) is 5.56 Å². The molecule has 3 nitrogen and oxygen atoms in total. The monoisotopic (exact) mass is 268 g/mol. The maximum Gasteiger partial charge on any atom is 0.319 e. The fraction of sp³-hybridized carbons (Fsp3) is 0.294. The van der Waals surface area contributed by atoms with Gasteiger partial charge in [-0.3, -0.25) is 9.59 Å². The number of carbonyl (C=O) groups is 2. The van der Waals surface area contributed by atoms with E-state index < -0.39 is 11.4 Å². The summed E-state index contributed by atoms with van der Waals surface area (Å²) in [4.78, 5) is 24.6. The zero-order chi connectivity index (χ0) is 14.3. The van der Waals surface area contributed by atoms with E-state index in [9.17, 15) is 9.59 Å². The van der Waals surface area contributed by atoms with Crippen LogP contribution in [-0.4, -0.2) is 18.9 Å². The number of fused-ring (bicyclic) bond motifs is 3. The lowest BCUT2D eigenvalue weighted by Gasteiger charge is -2.31. The Labute approximate surface area is 117 Å². The van der Waals surface area contributed by atoms with E-state index in [4.69, 9.17) is 4.74 Å². The number of Topliss-reactive ketones (excluding diaryl/α,β-unsaturated/α-hetero) is 1. The maximum atomic E-state index is 12.7. The van der Waals surface area contributed by atoms with Crippen molar-refractivity contribution in [3.63, 3.8) is 0 Å². The number of carbonyl (C=O) groups excluding carboxylic acids is 2. The second-order valence-corrected chi connectivity index (χ2v) is 5.47. The Kier molecular flexibility index (Phi) is 2.85. The minimum Gasteiger partial charge on any atom is -0.468 e. The second kappa shape index (κ2) is 4.44. The van der Waals surface area contributed by atoms with E-state index in [0.29, 0.717) is 18.4 Å². The van der Waals surface area contributed by atoms with Crippen molar-refractivity contribution in [3.05, 3.63) is 47.5 Å². The zero-order valence-corrected chi connectivity index (χ0v) is 11.6. The first-order chi connectivity index (χ1) is 9.58. The van der Waals surface area contributed by atoms with Crippen molar-refractivity contribution < 1.29 is 14.3 Å². The van der Waals surface area contributed by atoms with E-state index in [1.54, 1.807) is 6.92 Å². The van der Waals surface area contributed by atoms with Gasteiger partial charge in [-0.2, -0.15) is 0 Å². The SMILES string of the molecule is COC(=O)[C@@]1(C)CCc2c(ccc3ccccc23)C1=O. The molecule has 3 rings (SSSR count). The third-order valence-corrected chi connectivity index (χ3v) is 4.30. The molecule has 3 heteroatoms. The van der Waals surface area contributed by atoms with Crippen LogP contribution < -0.4 is 0 Å². The van der Waals surface area contributed by atoms with E-state index in [0.717, 1.165) is 16.3 Å². The molecule has 102 valence electrons. The molecule has 2 aromatic rings. The molecule has 0 heterocycles. The van der Waals surface area contributed by atoms with Crippen molar-refractivity contribution >= 4 is 22.5 Å². The first kappa shape index (κ1) is 12.9. The fourth-order valence-electron chi connectivity index (χ4n) is 3.02. The highest BCUT2D eigenvalue weighted by Crippen LogP contribution is 2.38. The summed E-state index contributed by atoms with van der Waals surface area (Å²) in [5.41, 5.74) is 0.654. The first-order valence-corrected chi connectivity index (χ1v) is 6.72. The number of ether oxygens (including phenoxy) is 1. The summed E-state index contributed by atoms with van der Waals surface area (Å²) >= 11 is 0. The summed E-state index contributed by atoms with van der Waals surface area (Å²) in [5, 5.41) is 2.23. The van der Waals surface area contributed by atoms with Crippen LogP contribution in [0, 0.1) is 5.41 Å². The molecule has 0 aliphatic heterocycles. The number of ketones is 1. The van der Waals surface area contributed by atoms with E-state index in [1.165, 1.54) is 7.11 Å². The van der Waals surface area contributed by atoms with Crippen LogP contribution in [0.15, 0.2) is 36.4 Å². The van der Waals surface area contributed by atoms with Crippen molar-refractivity contribution in [2.45, 2.75) is 19.8 Å². The third kappa shape index (κ3) is 1.66. The summed E-state index contributed by atoms with van der Waals surface area (Å²) in [6, 6.07) is 11.8. The summed E-state index contributed by atoms with van der Waals surface area (Å²) in [6.07, 6.45) is 1.22. The standard InChI is InChI=1S/C17H16O3/c1-17(16(19)20-2)10-9-13-12-6-4-3-5-11(12)7-8-14(13)15(17)18/h3-8H,9-10H2,1-2H3/t17-/m0/s1. The summed E-state index contributed by atoms with van der Waals surface area (Å²) < 4.78 is 4.81. The van der Waals surface area contributed by atoms with Crippen LogP contribution in [-0.2, 0) is 16.0 Å². The van der Waals surface area contributed by atoms with Crippen LogP contribution in [0.4, 0.5) is 0 Å². The van der Waals surface area contributed by atoms with Crippen LogP contribution >= 0.6 is 0 Å². The fourth-order valence-corrected chi connectivity index (χ4v) is 3.02. The molecule has 1 aliphatic rings. The Balaban J connectivity index is 2.18. The highest BCUT2D eigenvalue weighted by Gasteiger charge is 2.45. The number of rotatable bonds is 1. The van der Waals surface area contributed by atoms with Crippen molar-refractivity contribution in [1.29, 1.82) is 0 Å². The average Bonchev–Trinajstić information content (AvgIpc) is 2.49. The van der Waals surface area contributed by atoms with Crippen LogP contribution in [0.1, 0.15) is 29.3 Å². The van der Waals surface area contributed by atoms with E-state index >= 15 is 0 Å². The smallest absolute Gasteiger partial charge is 0.319 e. The van der Waals surface area contributed by atoms with Crippen molar-refractivity contribution in [1.82, 2.24) is 0 Å². The van der Waals surface area contributed by atoms with Gasteiger partial charge in [-0.15, -0.1) is 0 Å². The normalized spacial score (nSPS) is 21.6. The van der Waals surface area contributed by atoms with Gasteiger partial charge < -0.3 is 4.74 Å². The summed E-state index contributed by atoms with van der Waals surface area (Å²) in [6.45, 7) is 1.68. The van der Waals surface area contributed by atoms with Gasteiger partial charge in [0.05, 0.1) is 7.11 Å². The van der Waals surface area contributed by atoms with Crippen LogP contribution in [0.2, 0.25) is 0 Å². The second-order valence-electron chi connectivity index (χ2n) is 5.47. The molecule has 2 aromatic carbocycles. The molecule has 0 fully saturated rings. The molecule has 0 N–H and O–H groups in total. The minimum absolute atomic E-state index is 0.128. The van der Waals surface area contributed by atoms with Crippen molar-refractivity contribution in [3.8, 4) is 0 Å². The van der Waals surface area contributed by atoms with E-state index in [-0.39, 0.29) is 5.78 Å². The Hall–Kier alpha value is -2.16. The first-order valence-electron chi connectivity index (χ1n) is 6.72. The number of benzene rings is 2. The zero-order valence-electron chi connectivity index (χ0n) is 11.6. The topological polar surface area (TPSA) is 43.4 Å². The van der Waals surface area contributed by atoms with Gasteiger partial charge in [-0.25, -0.2) is 0 Å². The average molecular weight is 268 g/mol. The predicted molar refractivity (Wildman–Crippen MR) is 76.7 cm³/mol. The number of esters is 1. The molecule has 0 radical (unpaired) electrons. The largest absolute Gasteiger partial charge is 0.468 e. The summed E-state index contributed by atoms with van der Waals surface area (Å²) in [5.74, 6) is -0.572. The molecule has 0 unspecified atom stereocenters. The molecule has 1 aliphatic carbocycles. The van der Waals surface area contributed by atoms with Gasteiger partial charge in [0.1, 0.15) is 5.41 Å². The molecule has 0 spiro atoms. The molecule has 0 bridgehead atoms. The maximum absolute atomic E-state index is 12.7. The number of aryl methyl sites for hydroxylation is 1. The van der Waals surface area contributed by atoms with Gasteiger partial charge in [-0.1, -0.05) is 36.4 Å². The number of hydrogen-bond acceptors (Lipinski definition) is 3. The molecular formula is C17H16O3. The Morgan fingerprint density at radius 3 is 2.70 bits per heavy atom.